The van der Waals surface area contributed by atoms with Crippen LogP contribution in [0.3, 0.4) is 0 Å². The van der Waals surface area contributed by atoms with Gasteiger partial charge in [0.05, 0.1) is 0 Å². The third-order valence-corrected chi connectivity index (χ3v) is 3.77. The lowest BCUT2D eigenvalue weighted by atomic mass is 9.94. The van der Waals surface area contributed by atoms with Crippen molar-refractivity contribution in [3.05, 3.63) is 57.8 Å². The van der Waals surface area contributed by atoms with Crippen molar-refractivity contribution in [2.24, 2.45) is 0 Å². The molecule has 16 heavy (non-hydrogen) atoms. The smallest absolute Gasteiger partial charge is 0.0440 e. The zero-order valence-electron chi connectivity index (χ0n) is 9.39. The van der Waals surface area contributed by atoms with E-state index in [0.717, 1.165) is 6.42 Å². The van der Waals surface area contributed by atoms with Crippen LogP contribution in [0.1, 0.15) is 28.3 Å². The fourth-order valence-electron chi connectivity index (χ4n) is 1.89. The molecule has 0 aliphatic heterocycles. The van der Waals surface area contributed by atoms with Crippen LogP contribution in [0.15, 0.2) is 41.8 Å². The summed E-state index contributed by atoms with van der Waals surface area (Å²) in [5, 5.41) is 11.2. The third kappa shape index (κ3) is 2.52. The largest absolute Gasteiger partial charge is 0.396 e. The second-order valence-corrected chi connectivity index (χ2v) is 4.97. The van der Waals surface area contributed by atoms with Gasteiger partial charge in [-0.15, -0.1) is 11.3 Å². The minimum atomic E-state index is 0.233. The maximum Gasteiger partial charge on any atom is 0.0440 e. The fourth-order valence-corrected chi connectivity index (χ4v) is 2.78. The maximum absolute atomic E-state index is 9.16. The Bertz CT molecular complexity index is 417. The standard InChI is InChI=1S/C14H16OS/c1-11-4-6-12(7-5-11)13(8-9-15)14-3-2-10-16-14/h2-7,10,13,15H,8-9H2,1H3. The van der Waals surface area contributed by atoms with Gasteiger partial charge in [0.15, 0.2) is 0 Å². The van der Waals surface area contributed by atoms with E-state index in [0.29, 0.717) is 5.92 Å². The predicted octanol–water partition coefficient (Wildman–Crippen LogP) is 3.57. The summed E-state index contributed by atoms with van der Waals surface area (Å²) >= 11 is 1.76. The molecule has 1 aromatic carbocycles. The number of rotatable bonds is 4. The quantitative estimate of drug-likeness (QED) is 0.854. The van der Waals surface area contributed by atoms with E-state index in [9.17, 15) is 0 Å². The van der Waals surface area contributed by atoms with Gasteiger partial charge in [0.2, 0.25) is 0 Å². The molecule has 1 N–H and O–H groups in total. The zero-order chi connectivity index (χ0) is 11.4. The summed E-state index contributed by atoms with van der Waals surface area (Å²) in [6, 6.07) is 12.8. The van der Waals surface area contributed by atoms with Crippen LogP contribution in [0.2, 0.25) is 0 Å². The van der Waals surface area contributed by atoms with Gasteiger partial charge in [0.1, 0.15) is 0 Å². The molecule has 2 rings (SSSR count). The Balaban J connectivity index is 2.29. The maximum atomic E-state index is 9.16. The molecule has 1 unspecified atom stereocenters. The molecule has 1 atom stereocenters. The monoisotopic (exact) mass is 232 g/mol. The highest BCUT2D eigenvalue weighted by Gasteiger charge is 2.14. The molecule has 0 aliphatic rings. The summed E-state index contributed by atoms with van der Waals surface area (Å²) in [6.07, 6.45) is 0.795. The molecule has 0 saturated carbocycles. The molecule has 0 bridgehead atoms. The first-order valence-electron chi connectivity index (χ1n) is 5.52. The van der Waals surface area contributed by atoms with Crippen LogP contribution < -0.4 is 0 Å². The van der Waals surface area contributed by atoms with E-state index in [4.69, 9.17) is 5.11 Å². The van der Waals surface area contributed by atoms with Gasteiger partial charge in [0, 0.05) is 17.4 Å². The van der Waals surface area contributed by atoms with Gasteiger partial charge in [-0.3, -0.25) is 0 Å². The van der Waals surface area contributed by atoms with Crippen LogP contribution in [-0.4, -0.2) is 11.7 Å². The van der Waals surface area contributed by atoms with E-state index in [-0.39, 0.29) is 6.61 Å². The molecule has 84 valence electrons. The highest BCUT2D eigenvalue weighted by molar-refractivity contribution is 7.10. The van der Waals surface area contributed by atoms with Crippen molar-refractivity contribution in [2.45, 2.75) is 19.3 Å². The van der Waals surface area contributed by atoms with Gasteiger partial charge < -0.3 is 5.11 Å². The van der Waals surface area contributed by atoms with Crippen LogP contribution in [0.4, 0.5) is 0 Å². The molecule has 0 saturated heterocycles. The Hall–Kier alpha value is -1.12. The predicted molar refractivity (Wildman–Crippen MR) is 69.0 cm³/mol. The molecule has 0 fully saturated rings. The van der Waals surface area contributed by atoms with Gasteiger partial charge >= 0.3 is 0 Å². The highest BCUT2D eigenvalue weighted by atomic mass is 32.1. The molecule has 0 spiro atoms. The number of aliphatic hydroxyl groups excluding tert-OH is 1. The van der Waals surface area contributed by atoms with E-state index in [1.165, 1.54) is 16.0 Å². The summed E-state index contributed by atoms with van der Waals surface area (Å²) in [5.74, 6) is 0.339. The van der Waals surface area contributed by atoms with Crippen molar-refractivity contribution in [3.63, 3.8) is 0 Å². The van der Waals surface area contributed by atoms with Crippen molar-refractivity contribution < 1.29 is 5.11 Å². The normalized spacial score (nSPS) is 12.6. The first-order valence-corrected chi connectivity index (χ1v) is 6.40. The minimum Gasteiger partial charge on any atom is -0.396 e. The van der Waals surface area contributed by atoms with E-state index in [1.807, 2.05) is 0 Å². The molecule has 0 aliphatic carbocycles. The summed E-state index contributed by atoms with van der Waals surface area (Å²) in [4.78, 5) is 1.33. The van der Waals surface area contributed by atoms with E-state index in [1.54, 1.807) is 11.3 Å². The lowest BCUT2D eigenvalue weighted by Gasteiger charge is -2.14. The van der Waals surface area contributed by atoms with E-state index < -0.39 is 0 Å². The highest BCUT2D eigenvalue weighted by Crippen LogP contribution is 2.31. The lowest BCUT2D eigenvalue weighted by Crippen LogP contribution is -2.01. The molecular weight excluding hydrogens is 216 g/mol. The molecule has 0 radical (unpaired) electrons. The number of benzene rings is 1. The molecule has 2 aromatic rings. The first kappa shape index (κ1) is 11.4. The van der Waals surface area contributed by atoms with Crippen molar-refractivity contribution >= 4 is 11.3 Å². The second kappa shape index (κ2) is 5.28. The van der Waals surface area contributed by atoms with Crippen LogP contribution in [0.5, 0.6) is 0 Å². The Morgan fingerprint density at radius 1 is 1.19 bits per heavy atom. The number of hydrogen-bond donors (Lipinski definition) is 1. The Morgan fingerprint density at radius 3 is 2.50 bits per heavy atom. The summed E-state index contributed by atoms with van der Waals surface area (Å²) < 4.78 is 0. The number of aliphatic hydroxyl groups is 1. The van der Waals surface area contributed by atoms with E-state index >= 15 is 0 Å². The first-order chi connectivity index (χ1) is 7.81. The van der Waals surface area contributed by atoms with Crippen LogP contribution in [-0.2, 0) is 0 Å². The fraction of sp³-hybridized carbons (Fsp3) is 0.286. The Morgan fingerprint density at radius 2 is 1.94 bits per heavy atom. The average Bonchev–Trinajstić information content (AvgIpc) is 2.81. The molecule has 1 heterocycles. The number of thiophene rings is 1. The van der Waals surface area contributed by atoms with Crippen molar-refractivity contribution in [3.8, 4) is 0 Å². The summed E-state index contributed by atoms with van der Waals surface area (Å²) in [6.45, 7) is 2.33. The van der Waals surface area contributed by atoms with Crippen molar-refractivity contribution in [1.29, 1.82) is 0 Å². The Labute approximate surface area is 100 Å². The molecular formula is C14H16OS. The third-order valence-electron chi connectivity index (χ3n) is 2.78. The van der Waals surface area contributed by atoms with Crippen LogP contribution in [0, 0.1) is 6.92 Å². The number of hydrogen-bond acceptors (Lipinski definition) is 2. The van der Waals surface area contributed by atoms with Crippen molar-refractivity contribution in [2.75, 3.05) is 6.61 Å². The van der Waals surface area contributed by atoms with Crippen molar-refractivity contribution in [1.82, 2.24) is 0 Å². The van der Waals surface area contributed by atoms with Gasteiger partial charge in [-0.05, 0) is 30.4 Å². The van der Waals surface area contributed by atoms with E-state index in [2.05, 4.69) is 48.7 Å². The van der Waals surface area contributed by atoms with Gasteiger partial charge in [-0.2, -0.15) is 0 Å². The Kier molecular flexibility index (Phi) is 3.75. The molecule has 0 amide bonds. The lowest BCUT2D eigenvalue weighted by molar-refractivity contribution is 0.282. The topological polar surface area (TPSA) is 20.2 Å². The average molecular weight is 232 g/mol. The number of aryl methyl sites for hydroxylation is 1. The van der Waals surface area contributed by atoms with Gasteiger partial charge in [-0.25, -0.2) is 0 Å². The summed E-state index contributed by atoms with van der Waals surface area (Å²) in [5.41, 5.74) is 2.57. The molecule has 1 nitrogen and oxygen atoms in total. The van der Waals surface area contributed by atoms with Gasteiger partial charge in [-0.1, -0.05) is 35.9 Å². The van der Waals surface area contributed by atoms with Crippen LogP contribution >= 0.6 is 11.3 Å². The van der Waals surface area contributed by atoms with Crippen LogP contribution in [0.25, 0.3) is 0 Å². The molecule has 1 aromatic heterocycles. The molecule has 2 heteroatoms. The summed E-state index contributed by atoms with van der Waals surface area (Å²) in [7, 11) is 0. The zero-order valence-corrected chi connectivity index (χ0v) is 10.2. The minimum absolute atomic E-state index is 0.233. The second-order valence-electron chi connectivity index (χ2n) is 3.99. The van der Waals surface area contributed by atoms with Gasteiger partial charge in [0.25, 0.3) is 0 Å². The SMILES string of the molecule is Cc1ccc(C(CCO)c2cccs2)cc1.